The van der Waals surface area contributed by atoms with Crippen LogP contribution in [0, 0.1) is 12.8 Å². The molecule has 19 heavy (non-hydrogen) atoms. The van der Waals surface area contributed by atoms with Gasteiger partial charge in [-0.2, -0.15) is 0 Å². The fraction of sp³-hybridized carbons (Fsp3) is 0.333. The number of hydrogen-bond donors (Lipinski definition) is 0. The van der Waals surface area contributed by atoms with Gasteiger partial charge in [-0.1, -0.05) is 18.2 Å². The minimum Gasteiger partial charge on any atom is -0.492 e. The van der Waals surface area contributed by atoms with Crippen molar-refractivity contribution < 1.29 is 19.1 Å². The van der Waals surface area contributed by atoms with E-state index in [1.54, 1.807) is 12.1 Å². The number of fused-ring (bicyclic) bond motifs is 1. The first kappa shape index (κ1) is 13.3. The first-order valence-corrected chi connectivity index (χ1v) is 6.14. The summed E-state index contributed by atoms with van der Waals surface area (Å²) in [6, 6.07) is 5.55. The van der Waals surface area contributed by atoms with E-state index in [1.807, 2.05) is 19.1 Å². The van der Waals surface area contributed by atoms with Crippen LogP contribution in [-0.4, -0.2) is 25.5 Å². The van der Waals surface area contributed by atoms with Crippen molar-refractivity contribution in [3.05, 3.63) is 41.5 Å². The zero-order chi connectivity index (χ0) is 13.8. The van der Waals surface area contributed by atoms with Gasteiger partial charge < -0.3 is 9.47 Å². The van der Waals surface area contributed by atoms with Crippen molar-refractivity contribution in [3.8, 4) is 5.75 Å². The smallest absolute Gasteiger partial charge is 0.330 e. The van der Waals surface area contributed by atoms with E-state index < -0.39 is 5.97 Å². The Morgan fingerprint density at radius 3 is 3.05 bits per heavy atom. The second-order valence-corrected chi connectivity index (χ2v) is 4.49. The van der Waals surface area contributed by atoms with Crippen molar-refractivity contribution in [2.45, 2.75) is 13.3 Å². The third kappa shape index (κ3) is 2.84. The number of ketones is 1. The van der Waals surface area contributed by atoms with Crippen LogP contribution >= 0.6 is 0 Å². The minimum atomic E-state index is -0.416. The number of rotatable bonds is 3. The van der Waals surface area contributed by atoms with Crippen molar-refractivity contribution in [1.29, 1.82) is 0 Å². The summed E-state index contributed by atoms with van der Waals surface area (Å²) in [5, 5.41) is 0. The Morgan fingerprint density at radius 1 is 1.53 bits per heavy atom. The highest BCUT2D eigenvalue weighted by molar-refractivity contribution is 6.01. The molecule has 1 heterocycles. The summed E-state index contributed by atoms with van der Waals surface area (Å²) in [5.41, 5.74) is 1.59. The number of Topliss-reactive ketones (excluding diaryl/α,β-unsaturated/α-hetero) is 1. The number of allylic oxidation sites excluding steroid dienone is 1. The number of aryl methyl sites for hydroxylation is 1. The Morgan fingerprint density at radius 2 is 2.32 bits per heavy atom. The van der Waals surface area contributed by atoms with Crippen molar-refractivity contribution in [2.24, 2.45) is 5.92 Å². The minimum absolute atomic E-state index is 0.0689. The van der Waals surface area contributed by atoms with Gasteiger partial charge in [-0.15, -0.1) is 0 Å². The van der Waals surface area contributed by atoms with E-state index in [-0.39, 0.29) is 11.7 Å². The van der Waals surface area contributed by atoms with Gasteiger partial charge in [0.25, 0.3) is 0 Å². The van der Waals surface area contributed by atoms with Crippen LogP contribution in [-0.2, 0) is 9.53 Å². The van der Waals surface area contributed by atoms with Gasteiger partial charge in [0.05, 0.1) is 25.2 Å². The Bertz CT molecular complexity index is 531. The molecular weight excluding hydrogens is 244 g/mol. The van der Waals surface area contributed by atoms with E-state index >= 15 is 0 Å². The molecule has 1 aliphatic heterocycles. The molecule has 0 N–H and O–H groups in total. The van der Waals surface area contributed by atoms with Crippen LogP contribution < -0.4 is 4.74 Å². The van der Waals surface area contributed by atoms with Gasteiger partial charge >= 0.3 is 5.97 Å². The lowest BCUT2D eigenvalue weighted by atomic mass is 9.91. The molecule has 0 saturated carbocycles. The van der Waals surface area contributed by atoms with Crippen LogP contribution in [0.2, 0.25) is 0 Å². The lowest BCUT2D eigenvalue weighted by molar-refractivity contribution is -0.134. The third-order valence-electron chi connectivity index (χ3n) is 3.15. The fourth-order valence-corrected chi connectivity index (χ4v) is 2.09. The zero-order valence-corrected chi connectivity index (χ0v) is 11.0. The van der Waals surface area contributed by atoms with Gasteiger partial charge in [0.2, 0.25) is 0 Å². The fourth-order valence-electron chi connectivity index (χ4n) is 2.09. The van der Waals surface area contributed by atoms with Crippen LogP contribution in [0.3, 0.4) is 0 Å². The molecule has 0 amide bonds. The topological polar surface area (TPSA) is 52.6 Å². The van der Waals surface area contributed by atoms with Crippen molar-refractivity contribution in [2.75, 3.05) is 13.7 Å². The number of carbonyl (C=O) groups excluding carboxylic acids is 2. The molecule has 0 unspecified atom stereocenters. The summed E-state index contributed by atoms with van der Waals surface area (Å²) in [6.07, 6.45) is 3.46. The Kier molecular flexibility index (Phi) is 4.00. The first-order chi connectivity index (χ1) is 9.13. The van der Waals surface area contributed by atoms with Crippen LogP contribution in [0.15, 0.2) is 30.4 Å². The molecule has 1 aliphatic rings. The maximum Gasteiger partial charge on any atom is 0.330 e. The van der Waals surface area contributed by atoms with Crippen LogP contribution in [0.5, 0.6) is 5.75 Å². The van der Waals surface area contributed by atoms with Gasteiger partial charge in [0.1, 0.15) is 5.75 Å². The first-order valence-electron chi connectivity index (χ1n) is 6.14. The van der Waals surface area contributed by atoms with Gasteiger partial charge in [-0.3, -0.25) is 4.79 Å². The second-order valence-electron chi connectivity index (χ2n) is 4.49. The SMILES string of the molecule is COC(=O)/C=C/C[C@@H]1COc2c(C)cccc2C1=O. The average molecular weight is 260 g/mol. The molecule has 1 aromatic carbocycles. The van der Waals surface area contributed by atoms with E-state index in [1.165, 1.54) is 13.2 Å². The highest BCUT2D eigenvalue weighted by Crippen LogP contribution is 2.31. The highest BCUT2D eigenvalue weighted by atomic mass is 16.5. The molecule has 4 nitrogen and oxygen atoms in total. The van der Waals surface area contributed by atoms with Gasteiger partial charge in [0, 0.05) is 6.08 Å². The predicted octanol–water partition coefficient (Wildman–Crippen LogP) is 2.31. The average Bonchev–Trinajstić information content (AvgIpc) is 2.42. The predicted molar refractivity (Wildman–Crippen MR) is 70.3 cm³/mol. The molecule has 0 spiro atoms. The number of esters is 1. The molecule has 100 valence electrons. The van der Waals surface area contributed by atoms with Crippen LogP contribution in [0.4, 0.5) is 0 Å². The highest BCUT2D eigenvalue weighted by Gasteiger charge is 2.28. The summed E-state index contributed by atoms with van der Waals surface area (Å²) in [5.74, 6) is 0.0933. The van der Waals surface area contributed by atoms with Crippen LogP contribution in [0.25, 0.3) is 0 Å². The molecule has 0 bridgehead atoms. The Balaban J connectivity index is 2.10. The van der Waals surface area contributed by atoms with E-state index in [0.717, 1.165) is 5.56 Å². The Hall–Kier alpha value is -2.10. The van der Waals surface area contributed by atoms with E-state index in [0.29, 0.717) is 24.3 Å². The normalized spacial score (nSPS) is 18.0. The maximum absolute atomic E-state index is 12.3. The number of para-hydroxylation sites is 1. The summed E-state index contributed by atoms with van der Waals surface area (Å²) in [6.45, 7) is 2.27. The lowest BCUT2D eigenvalue weighted by Gasteiger charge is -2.24. The molecule has 0 saturated heterocycles. The van der Waals surface area contributed by atoms with Crippen molar-refractivity contribution >= 4 is 11.8 Å². The van der Waals surface area contributed by atoms with E-state index in [4.69, 9.17) is 4.74 Å². The number of benzene rings is 1. The quantitative estimate of drug-likeness (QED) is 0.618. The number of ether oxygens (including phenoxy) is 2. The number of carbonyl (C=O) groups is 2. The summed E-state index contributed by atoms with van der Waals surface area (Å²) in [7, 11) is 1.32. The molecule has 0 fully saturated rings. The second kappa shape index (κ2) is 5.69. The van der Waals surface area contributed by atoms with Crippen molar-refractivity contribution in [1.82, 2.24) is 0 Å². The Labute approximate surface area is 112 Å². The molecular formula is C15H16O4. The number of methoxy groups -OCH3 is 1. The van der Waals surface area contributed by atoms with E-state index in [9.17, 15) is 9.59 Å². The summed E-state index contributed by atoms with van der Waals surface area (Å²) >= 11 is 0. The lowest BCUT2D eigenvalue weighted by Crippen LogP contribution is -2.27. The largest absolute Gasteiger partial charge is 0.492 e. The van der Waals surface area contributed by atoms with Crippen LogP contribution in [0.1, 0.15) is 22.3 Å². The standard InChI is InChI=1S/C15H16O4/c1-10-5-3-7-12-14(17)11(9-19-15(10)12)6-4-8-13(16)18-2/h3-5,7-8,11H,6,9H2,1-2H3/b8-4+/t11-/m1/s1. The number of hydrogen-bond acceptors (Lipinski definition) is 4. The molecule has 1 atom stereocenters. The van der Waals surface area contributed by atoms with E-state index in [2.05, 4.69) is 4.74 Å². The summed E-state index contributed by atoms with van der Waals surface area (Å²) < 4.78 is 10.1. The molecule has 0 radical (unpaired) electrons. The summed E-state index contributed by atoms with van der Waals surface area (Å²) in [4.78, 5) is 23.2. The van der Waals surface area contributed by atoms with Gasteiger partial charge in [-0.25, -0.2) is 4.79 Å². The maximum atomic E-state index is 12.3. The monoisotopic (exact) mass is 260 g/mol. The molecule has 2 rings (SSSR count). The zero-order valence-electron chi connectivity index (χ0n) is 11.0. The molecule has 0 aromatic heterocycles. The van der Waals surface area contributed by atoms with Gasteiger partial charge in [0.15, 0.2) is 5.78 Å². The third-order valence-corrected chi connectivity index (χ3v) is 3.15. The molecule has 4 heteroatoms. The van der Waals surface area contributed by atoms with Gasteiger partial charge in [-0.05, 0) is 25.0 Å². The van der Waals surface area contributed by atoms with Crippen molar-refractivity contribution in [3.63, 3.8) is 0 Å². The molecule has 0 aliphatic carbocycles. The molecule has 1 aromatic rings.